The number of rotatable bonds is 0. The van der Waals surface area contributed by atoms with Crippen LogP contribution in [0.25, 0.3) is 0 Å². The predicted molar refractivity (Wildman–Crippen MR) is 61.0 cm³/mol. The Morgan fingerprint density at radius 1 is 1.27 bits per heavy atom. The zero-order chi connectivity index (χ0) is 10.5. The van der Waals surface area contributed by atoms with Crippen LogP contribution in [-0.2, 0) is 10.0 Å². The van der Waals surface area contributed by atoms with Gasteiger partial charge >= 0.3 is 0 Å². The van der Waals surface area contributed by atoms with Crippen LogP contribution in [0.5, 0.6) is 0 Å². The Kier molecular flexibility index (Phi) is 2.10. The lowest BCUT2D eigenvalue weighted by Crippen LogP contribution is -2.34. The highest BCUT2D eigenvalue weighted by Gasteiger charge is 2.35. The Balaban J connectivity index is 2.00. The minimum atomic E-state index is -3.18. The van der Waals surface area contributed by atoms with Gasteiger partial charge in [-0.05, 0) is 25.7 Å². The smallest absolute Gasteiger partial charge is 0.257 e. The molecule has 0 unspecified atom stereocenters. The molecule has 0 radical (unpaired) electrons. The minimum absolute atomic E-state index is 0.161. The van der Waals surface area contributed by atoms with E-state index in [-0.39, 0.29) is 5.75 Å². The van der Waals surface area contributed by atoms with Crippen molar-refractivity contribution in [1.82, 2.24) is 4.90 Å². The molecule has 2 aliphatic heterocycles. The number of amidine groups is 1. The van der Waals surface area contributed by atoms with Gasteiger partial charge in [0.1, 0.15) is 0 Å². The topological polar surface area (TPSA) is 49.7 Å². The number of thioether (sulfide) groups is 1. The molecule has 0 amide bonds. The van der Waals surface area contributed by atoms with E-state index in [9.17, 15) is 8.42 Å². The number of fused-ring (bicyclic) bond motifs is 2. The fourth-order valence-electron chi connectivity index (χ4n) is 2.21. The molecule has 15 heavy (non-hydrogen) atoms. The first kappa shape index (κ1) is 9.72. The molecule has 3 aliphatic rings. The maximum atomic E-state index is 11.4. The largest absolute Gasteiger partial charge is 0.322 e. The van der Waals surface area contributed by atoms with Crippen molar-refractivity contribution < 1.29 is 8.42 Å². The van der Waals surface area contributed by atoms with Crippen molar-refractivity contribution in [3.05, 3.63) is 10.6 Å². The zero-order valence-corrected chi connectivity index (χ0v) is 9.90. The van der Waals surface area contributed by atoms with E-state index in [0.717, 1.165) is 12.8 Å². The molecular formula is C9H12N2O2S2. The van der Waals surface area contributed by atoms with Gasteiger partial charge in [0, 0.05) is 17.1 Å². The summed E-state index contributed by atoms with van der Waals surface area (Å²) in [6.07, 6.45) is 4.62. The van der Waals surface area contributed by atoms with E-state index >= 15 is 0 Å². The maximum absolute atomic E-state index is 11.4. The average molecular weight is 244 g/mol. The van der Waals surface area contributed by atoms with Crippen LogP contribution < -0.4 is 0 Å². The third kappa shape index (κ3) is 1.59. The van der Waals surface area contributed by atoms with Gasteiger partial charge in [-0.25, -0.2) is 8.42 Å². The van der Waals surface area contributed by atoms with Crippen molar-refractivity contribution in [1.29, 1.82) is 0 Å². The monoisotopic (exact) mass is 244 g/mol. The second-order valence-corrected chi connectivity index (χ2v) is 6.81. The lowest BCUT2D eigenvalue weighted by atomic mass is 10.0. The molecule has 0 bridgehead atoms. The molecule has 0 aromatic carbocycles. The lowest BCUT2D eigenvalue weighted by Gasteiger charge is -2.25. The number of hydrogen-bond donors (Lipinski definition) is 0. The Morgan fingerprint density at radius 2 is 2.07 bits per heavy atom. The van der Waals surface area contributed by atoms with Crippen molar-refractivity contribution in [3.63, 3.8) is 0 Å². The summed E-state index contributed by atoms with van der Waals surface area (Å²) in [6.45, 7) is 0.590. The highest BCUT2D eigenvalue weighted by molar-refractivity contribution is 8.18. The van der Waals surface area contributed by atoms with Crippen molar-refractivity contribution >= 4 is 27.0 Å². The number of nitrogens with zero attached hydrogens (tertiary/aromatic N) is 2. The molecular weight excluding hydrogens is 232 g/mol. The molecule has 0 fully saturated rings. The second kappa shape index (κ2) is 3.25. The van der Waals surface area contributed by atoms with Crippen LogP contribution in [0.2, 0.25) is 0 Å². The average Bonchev–Trinajstić information content (AvgIpc) is 2.52. The summed E-state index contributed by atoms with van der Waals surface area (Å²) < 4.78 is 26.5. The molecule has 3 rings (SSSR count). The molecule has 0 atom stereocenters. The van der Waals surface area contributed by atoms with E-state index in [0.29, 0.717) is 11.7 Å². The van der Waals surface area contributed by atoms with Gasteiger partial charge in [0.2, 0.25) is 0 Å². The molecule has 6 heteroatoms. The highest BCUT2D eigenvalue weighted by Crippen LogP contribution is 2.43. The second-order valence-electron chi connectivity index (χ2n) is 3.99. The normalized spacial score (nSPS) is 28.5. The molecule has 0 saturated carbocycles. The molecule has 1 aliphatic carbocycles. The fourth-order valence-corrected chi connectivity index (χ4v) is 4.65. The van der Waals surface area contributed by atoms with Crippen LogP contribution in [-0.4, -0.2) is 30.8 Å². The van der Waals surface area contributed by atoms with Gasteiger partial charge in [-0.15, -0.1) is 4.40 Å². The molecule has 82 valence electrons. The Hall–Kier alpha value is -0.490. The van der Waals surface area contributed by atoms with Crippen LogP contribution in [0, 0.1) is 0 Å². The van der Waals surface area contributed by atoms with Crippen LogP contribution in [0.15, 0.2) is 15.0 Å². The molecule has 0 aromatic rings. The van der Waals surface area contributed by atoms with Gasteiger partial charge in [0.15, 0.2) is 5.17 Å². The van der Waals surface area contributed by atoms with E-state index in [1.807, 2.05) is 0 Å². The van der Waals surface area contributed by atoms with Gasteiger partial charge in [0.25, 0.3) is 10.0 Å². The molecule has 4 nitrogen and oxygen atoms in total. The summed E-state index contributed by atoms with van der Waals surface area (Å²) in [6, 6.07) is 0. The minimum Gasteiger partial charge on any atom is -0.322 e. The first-order chi connectivity index (χ1) is 7.16. The SMILES string of the molecule is O=S1(=O)CCN2C(=N1)SC1=C2CCCC1. The summed E-state index contributed by atoms with van der Waals surface area (Å²) in [5, 5.41) is 0.688. The predicted octanol–water partition coefficient (Wildman–Crippen LogP) is 1.52. The lowest BCUT2D eigenvalue weighted by molar-refractivity contribution is 0.486. The van der Waals surface area contributed by atoms with Crippen molar-refractivity contribution in [3.8, 4) is 0 Å². The molecule has 2 heterocycles. The summed E-state index contributed by atoms with van der Waals surface area (Å²) in [4.78, 5) is 3.44. The zero-order valence-electron chi connectivity index (χ0n) is 8.27. The molecule has 0 N–H and O–H groups in total. The van der Waals surface area contributed by atoms with Gasteiger partial charge in [-0.2, -0.15) is 0 Å². The van der Waals surface area contributed by atoms with E-state index in [1.165, 1.54) is 23.4 Å². The third-order valence-electron chi connectivity index (χ3n) is 2.95. The van der Waals surface area contributed by atoms with Crippen molar-refractivity contribution in [2.24, 2.45) is 4.40 Å². The third-order valence-corrected chi connectivity index (χ3v) is 5.40. The number of allylic oxidation sites excluding steroid dienone is 2. The molecule has 0 aromatic heterocycles. The van der Waals surface area contributed by atoms with Gasteiger partial charge in [-0.3, -0.25) is 0 Å². The quantitative estimate of drug-likeness (QED) is 0.648. The van der Waals surface area contributed by atoms with Gasteiger partial charge in [-0.1, -0.05) is 11.8 Å². The number of sulfonamides is 1. The first-order valence-corrected chi connectivity index (χ1v) is 7.58. The van der Waals surface area contributed by atoms with E-state index in [2.05, 4.69) is 9.30 Å². The van der Waals surface area contributed by atoms with Crippen LogP contribution in [0.4, 0.5) is 0 Å². The summed E-state index contributed by atoms with van der Waals surface area (Å²) >= 11 is 1.56. The van der Waals surface area contributed by atoms with Crippen LogP contribution in [0.1, 0.15) is 25.7 Å². The van der Waals surface area contributed by atoms with E-state index in [1.54, 1.807) is 11.8 Å². The van der Waals surface area contributed by atoms with Crippen molar-refractivity contribution in [2.75, 3.05) is 12.3 Å². The van der Waals surface area contributed by atoms with E-state index in [4.69, 9.17) is 0 Å². The van der Waals surface area contributed by atoms with Crippen LogP contribution in [0.3, 0.4) is 0 Å². The highest BCUT2D eigenvalue weighted by atomic mass is 32.2. The molecule has 0 spiro atoms. The van der Waals surface area contributed by atoms with Crippen LogP contribution >= 0.6 is 11.8 Å². The summed E-state index contributed by atoms with van der Waals surface area (Å²) in [5.74, 6) is 0.161. The Bertz CT molecular complexity index is 465. The summed E-state index contributed by atoms with van der Waals surface area (Å²) in [5.41, 5.74) is 1.33. The van der Waals surface area contributed by atoms with Crippen molar-refractivity contribution in [2.45, 2.75) is 25.7 Å². The fraction of sp³-hybridized carbons (Fsp3) is 0.667. The maximum Gasteiger partial charge on any atom is 0.257 e. The number of hydrogen-bond acceptors (Lipinski definition) is 4. The Labute approximate surface area is 93.5 Å². The van der Waals surface area contributed by atoms with E-state index < -0.39 is 10.0 Å². The first-order valence-electron chi connectivity index (χ1n) is 5.16. The summed E-state index contributed by atoms with van der Waals surface area (Å²) in [7, 11) is -3.18. The standard InChI is InChI=1S/C9H12N2O2S2/c12-15(13)6-5-11-7-3-1-2-4-8(7)14-9(11)10-15/h1-6H2. The van der Waals surface area contributed by atoms with Gasteiger partial charge < -0.3 is 4.90 Å². The Morgan fingerprint density at radius 3 is 2.93 bits per heavy atom. The van der Waals surface area contributed by atoms with Gasteiger partial charge in [0.05, 0.1) is 5.75 Å². The molecule has 0 saturated heterocycles.